The number of hydrogen-bond donors (Lipinski definition) is 2. The fraction of sp³-hybridized carbons (Fsp3) is 0.429. The van der Waals surface area contributed by atoms with Crippen molar-refractivity contribution >= 4 is 19.6 Å². The first kappa shape index (κ1) is 13.8. The molecule has 4 nitrogen and oxygen atoms in total. The molecule has 2 rings (SSSR count). The zero-order chi connectivity index (χ0) is 13.7. The molecule has 19 heavy (non-hydrogen) atoms. The molecule has 5 heteroatoms. The van der Waals surface area contributed by atoms with Gasteiger partial charge in [-0.15, -0.1) is 0 Å². The van der Waals surface area contributed by atoms with Crippen LogP contribution >= 0.6 is 0 Å². The summed E-state index contributed by atoms with van der Waals surface area (Å²) in [6.07, 6.45) is 3.09. The van der Waals surface area contributed by atoms with Crippen LogP contribution in [0.4, 0.5) is 0 Å². The molecule has 1 saturated carbocycles. The molecule has 3 atom stereocenters. The van der Waals surface area contributed by atoms with Crippen LogP contribution < -0.4 is 5.23 Å². The van der Waals surface area contributed by atoms with Crippen molar-refractivity contribution in [1.82, 2.24) is 5.23 Å². The summed E-state index contributed by atoms with van der Waals surface area (Å²) in [4.78, 5) is 21.8. The molecule has 0 saturated heterocycles. The van der Waals surface area contributed by atoms with Crippen molar-refractivity contribution < 1.29 is 14.7 Å². The van der Waals surface area contributed by atoms with E-state index in [9.17, 15) is 14.7 Å². The molecular formula is C14H18BNO3. The number of aliphatic carboxylic acids is 1. The molecule has 0 aliphatic heterocycles. The Labute approximate surface area is 113 Å². The fourth-order valence-electron chi connectivity index (χ4n) is 2.93. The molecule has 1 unspecified atom stereocenters. The highest BCUT2D eigenvalue weighted by Gasteiger charge is 2.35. The summed E-state index contributed by atoms with van der Waals surface area (Å²) >= 11 is 0. The first-order chi connectivity index (χ1) is 9.22. The van der Waals surface area contributed by atoms with Gasteiger partial charge in [-0.05, 0) is 36.8 Å². The Morgan fingerprint density at radius 1 is 1.32 bits per heavy atom. The Kier molecular flexibility index (Phi) is 4.74. The number of carboxylic acid groups (broad SMARTS) is 1. The van der Waals surface area contributed by atoms with Gasteiger partial charge >= 0.3 is 5.97 Å². The highest BCUT2D eigenvalue weighted by molar-refractivity contribution is 6.64. The monoisotopic (exact) mass is 259 g/mol. The van der Waals surface area contributed by atoms with Crippen molar-refractivity contribution in [2.24, 2.45) is 5.92 Å². The quantitative estimate of drug-likeness (QED) is 0.615. The lowest BCUT2D eigenvalue weighted by atomic mass is 9.72. The Morgan fingerprint density at radius 2 is 2.05 bits per heavy atom. The van der Waals surface area contributed by atoms with Gasteiger partial charge in [0, 0.05) is 0 Å². The molecule has 0 radical (unpaired) electrons. The van der Waals surface area contributed by atoms with Crippen LogP contribution in [-0.4, -0.2) is 30.7 Å². The molecule has 1 fully saturated rings. The van der Waals surface area contributed by atoms with Crippen molar-refractivity contribution in [3.05, 3.63) is 35.9 Å². The summed E-state index contributed by atoms with van der Waals surface area (Å²) in [5.74, 6) is -1.02. The largest absolute Gasteiger partial charge is 0.481 e. The second-order valence-corrected chi connectivity index (χ2v) is 5.05. The van der Waals surface area contributed by atoms with Gasteiger partial charge in [-0.1, -0.05) is 30.3 Å². The van der Waals surface area contributed by atoms with Crippen molar-refractivity contribution in [1.29, 1.82) is 0 Å². The minimum absolute atomic E-state index is 0.0246. The molecule has 0 amide bonds. The molecule has 0 spiro atoms. The van der Waals surface area contributed by atoms with Gasteiger partial charge in [0.25, 0.3) is 7.41 Å². The van der Waals surface area contributed by atoms with Crippen LogP contribution in [0.15, 0.2) is 30.3 Å². The Bertz CT molecular complexity index is 438. The van der Waals surface area contributed by atoms with Crippen molar-refractivity contribution in [3.63, 3.8) is 0 Å². The zero-order valence-electron chi connectivity index (χ0n) is 10.8. The first-order valence-corrected chi connectivity index (χ1v) is 6.67. The predicted molar refractivity (Wildman–Crippen MR) is 75.0 cm³/mol. The summed E-state index contributed by atoms with van der Waals surface area (Å²) in [6.45, 7) is 0. The van der Waals surface area contributed by atoms with Crippen molar-refractivity contribution in [3.8, 4) is 0 Å². The third-order valence-corrected chi connectivity index (χ3v) is 3.89. The predicted octanol–water partition coefficient (Wildman–Crippen LogP) is 1.15. The summed E-state index contributed by atoms with van der Waals surface area (Å²) in [6, 6.07) is 10.0. The Hall–Kier alpha value is -1.62. The van der Waals surface area contributed by atoms with Gasteiger partial charge in [0.15, 0.2) is 0 Å². The smallest absolute Gasteiger partial charge is 0.307 e. The SMILES string of the molecule is O=CBN[C@@H]1CC[C@@H](C(=O)O)C(c2ccccc2)C1. The topological polar surface area (TPSA) is 66.4 Å². The van der Waals surface area contributed by atoms with Crippen LogP contribution in [0, 0.1) is 5.92 Å². The normalized spacial score (nSPS) is 26.6. The lowest BCUT2D eigenvalue weighted by Crippen LogP contribution is -2.41. The zero-order valence-corrected chi connectivity index (χ0v) is 10.8. The molecule has 1 aliphatic carbocycles. The van der Waals surface area contributed by atoms with E-state index in [1.54, 1.807) is 0 Å². The highest BCUT2D eigenvalue weighted by Crippen LogP contribution is 2.37. The van der Waals surface area contributed by atoms with E-state index < -0.39 is 5.97 Å². The van der Waals surface area contributed by atoms with E-state index in [1.165, 1.54) is 0 Å². The minimum Gasteiger partial charge on any atom is -0.481 e. The maximum Gasteiger partial charge on any atom is 0.307 e. The maximum absolute atomic E-state index is 11.4. The third-order valence-electron chi connectivity index (χ3n) is 3.89. The summed E-state index contributed by atoms with van der Waals surface area (Å²) in [5, 5.41) is 12.5. The number of carboxylic acids is 1. The van der Waals surface area contributed by atoms with Crippen LogP contribution in [0.3, 0.4) is 0 Å². The molecule has 1 aliphatic rings. The van der Waals surface area contributed by atoms with E-state index in [-0.39, 0.29) is 17.9 Å². The summed E-state index contributed by atoms with van der Waals surface area (Å²) in [7, 11) is 0.337. The average Bonchev–Trinajstić information content (AvgIpc) is 2.45. The fourth-order valence-corrected chi connectivity index (χ4v) is 2.93. The molecule has 2 N–H and O–H groups in total. The van der Waals surface area contributed by atoms with E-state index in [4.69, 9.17) is 0 Å². The van der Waals surface area contributed by atoms with Gasteiger partial charge in [0.2, 0.25) is 0 Å². The summed E-state index contributed by atoms with van der Waals surface area (Å²) in [5.41, 5.74) is 1.08. The van der Waals surface area contributed by atoms with Gasteiger partial charge in [-0.2, -0.15) is 0 Å². The lowest BCUT2D eigenvalue weighted by Gasteiger charge is -2.34. The van der Waals surface area contributed by atoms with Crippen LogP contribution in [0.25, 0.3) is 0 Å². The van der Waals surface area contributed by atoms with Gasteiger partial charge in [0.05, 0.1) is 12.1 Å². The van der Waals surface area contributed by atoms with Gasteiger partial charge in [0.1, 0.15) is 0 Å². The van der Waals surface area contributed by atoms with Gasteiger partial charge < -0.3 is 15.1 Å². The molecule has 0 heterocycles. The molecular weight excluding hydrogens is 241 g/mol. The highest BCUT2D eigenvalue weighted by atomic mass is 16.4. The van der Waals surface area contributed by atoms with E-state index in [0.717, 1.165) is 24.6 Å². The lowest BCUT2D eigenvalue weighted by molar-refractivity contribution is -0.143. The van der Waals surface area contributed by atoms with Crippen molar-refractivity contribution in [2.75, 3.05) is 0 Å². The standard InChI is InChI=1S/C14H18BNO3/c17-9-15-16-11-6-7-12(14(18)19)13(8-11)10-4-2-1-3-5-10/h1-5,9,11-13,15-16H,6-8H2,(H,18,19)/t11-,12-,13?/m1/s1. The van der Waals surface area contributed by atoms with Crippen LogP contribution in [0.2, 0.25) is 0 Å². The molecule has 100 valence electrons. The molecule has 0 aromatic heterocycles. The van der Waals surface area contributed by atoms with Crippen LogP contribution in [0.5, 0.6) is 0 Å². The first-order valence-electron chi connectivity index (χ1n) is 6.67. The average molecular weight is 259 g/mol. The number of carbonyl (C=O) groups excluding carboxylic acids is 1. The number of nitrogens with one attached hydrogen (secondary N) is 1. The molecule has 1 aromatic carbocycles. The minimum atomic E-state index is -0.720. The Balaban J connectivity index is 2.13. The number of rotatable bonds is 5. The van der Waals surface area contributed by atoms with Crippen LogP contribution in [0.1, 0.15) is 30.7 Å². The van der Waals surface area contributed by atoms with Gasteiger partial charge in [-0.3, -0.25) is 4.79 Å². The van der Waals surface area contributed by atoms with E-state index in [2.05, 4.69) is 5.23 Å². The van der Waals surface area contributed by atoms with Crippen LogP contribution in [-0.2, 0) is 9.59 Å². The Morgan fingerprint density at radius 3 is 2.68 bits per heavy atom. The third kappa shape index (κ3) is 3.44. The second kappa shape index (κ2) is 6.52. The van der Waals surface area contributed by atoms with Gasteiger partial charge in [-0.25, -0.2) is 0 Å². The molecule has 1 aromatic rings. The molecule has 0 bridgehead atoms. The van der Waals surface area contributed by atoms with Crippen molar-refractivity contribution in [2.45, 2.75) is 31.2 Å². The van der Waals surface area contributed by atoms with E-state index >= 15 is 0 Å². The maximum atomic E-state index is 11.4. The van der Waals surface area contributed by atoms with E-state index in [1.807, 2.05) is 30.3 Å². The van der Waals surface area contributed by atoms with E-state index in [0.29, 0.717) is 13.8 Å². The number of carbonyl (C=O) groups is 2. The number of hydrogen-bond acceptors (Lipinski definition) is 3. The summed E-state index contributed by atoms with van der Waals surface area (Å²) < 4.78 is 0. The second-order valence-electron chi connectivity index (χ2n) is 5.05. The number of benzene rings is 1.